The minimum absolute atomic E-state index is 0.233. The van der Waals surface area contributed by atoms with Crippen molar-refractivity contribution < 1.29 is 19.4 Å². The number of hydrogen-bond donors (Lipinski definition) is 1. The molecule has 0 aliphatic carbocycles. The lowest BCUT2D eigenvalue weighted by Crippen LogP contribution is -1.99. The Morgan fingerprint density at radius 3 is 2.10 bits per heavy atom. The van der Waals surface area contributed by atoms with Crippen molar-refractivity contribution in [2.75, 3.05) is 14.2 Å². The van der Waals surface area contributed by atoms with Gasteiger partial charge in [0, 0.05) is 5.56 Å². The van der Waals surface area contributed by atoms with E-state index in [2.05, 4.69) is 0 Å². The van der Waals surface area contributed by atoms with Crippen molar-refractivity contribution in [3.8, 4) is 22.6 Å². The smallest absolute Gasteiger partial charge is 0.335 e. The number of carboxylic acid groups (broad SMARTS) is 1. The first kappa shape index (κ1) is 14.9. The van der Waals surface area contributed by atoms with Gasteiger partial charge in [0.1, 0.15) is 11.5 Å². The molecule has 4 nitrogen and oxygen atoms in total. The normalized spacial score (nSPS) is 10.3. The minimum Gasteiger partial charge on any atom is -0.496 e. The molecule has 0 heterocycles. The zero-order chi connectivity index (χ0) is 15.6. The van der Waals surface area contributed by atoms with Crippen molar-refractivity contribution in [3.05, 3.63) is 47.0 Å². The summed E-state index contributed by atoms with van der Waals surface area (Å²) < 4.78 is 10.7. The van der Waals surface area contributed by atoms with Gasteiger partial charge in [0.15, 0.2) is 0 Å². The summed E-state index contributed by atoms with van der Waals surface area (Å²) in [5.74, 6) is 0.525. The van der Waals surface area contributed by atoms with Crippen LogP contribution < -0.4 is 9.47 Å². The van der Waals surface area contributed by atoms with Gasteiger partial charge in [0.25, 0.3) is 0 Å². The molecule has 0 unspecified atom stereocenters. The summed E-state index contributed by atoms with van der Waals surface area (Å²) in [6.07, 6.45) is 0. The fourth-order valence-corrected chi connectivity index (χ4v) is 2.49. The fourth-order valence-electron chi connectivity index (χ4n) is 2.49. The summed E-state index contributed by atoms with van der Waals surface area (Å²) in [4.78, 5) is 11.2. The lowest BCUT2D eigenvalue weighted by atomic mass is 9.97. The molecule has 0 aromatic heterocycles. The average Bonchev–Trinajstić information content (AvgIpc) is 2.46. The first-order valence-corrected chi connectivity index (χ1v) is 6.55. The van der Waals surface area contributed by atoms with Crippen LogP contribution in [0, 0.1) is 13.8 Å². The highest BCUT2D eigenvalue weighted by molar-refractivity contribution is 5.90. The third-order valence-corrected chi connectivity index (χ3v) is 3.42. The van der Waals surface area contributed by atoms with E-state index in [0.717, 1.165) is 28.0 Å². The van der Waals surface area contributed by atoms with Gasteiger partial charge < -0.3 is 14.6 Å². The second-order valence-corrected chi connectivity index (χ2v) is 4.86. The molecule has 2 aromatic carbocycles. The van der Waals surface area contributed by atoms with Gasteiger partial charge in [0.2, 0.25) is 0 Å². The molecule has 2 aromatic rings. The molecule has 0 saturated carbocycles. The monoisotopic (exact) mass is 286 g/mol. The Kier molecular flexibility index (Phi) is 4.17. The van der Waals surface area contributed by atoms with E-state index in [1.807, 2.05) is 26.0 Å². The van der Waals surface area contributed by atoms with Crippen LogP contribution >= 0.6 is 0 Å². The SMILES string of the molecule is COc1ccc(C(=O)O)cc1-c1cc(C)c(OC)c(C)c1. The standard InChI is InChI=1S/C17H18O4/c1-10-7-13(8-11(2)16(10)21-4)14-9-12(17(18)19)5-6-15(14)20-3/h5-9H,1-4H3,(H,18,19). The summed E-state index contributed by atoms with van der Waals surface area (Å²) in [5, 5.41) is 9.15. The third-order valence-electron chi connectivity index (χ3n) is 3.42. The zero-order valence-corrected chi connectivity index (χ0v) is 12.6. The van der Waals surface area contributed by atoms with Crippen LogP contribution in [0.4, 0.5) is 0 Å². The summed E-state index contributed by atoms with van der Waals surface area (Å²) in [5.41, 5.74) is 3.89. The van der Waals surface area contributed by atoms with E-state index in [-0.39, 0.29) is 5.56 Å². The highest BCUT2D eigenvalue weighted by Gasteiger charge is 2.13. The van der Waals surface area contributed by atoms with Gasteiger partial charge in [-0.1, -0.05) is 0 Å². The number of carboxylic acids is 1. The Balaban J connectivity index is 2.65. The summed E-state index contributed by atoms with van der Waals surface area (Å²) >= 11 is 0. The zero-order valence-electron chi connectivity index (χ0n) is 12.6. The predicted octanol–water partition coefficient (Wildman–Crippen LogP) is 3.69. The maximum Gasteiger partial charge on any atom is 0.335 e. The molecular weight excluding hydrogens is 268 g/mol. The topological polar surface area (TPSA) is 55.8 Å². The molecule has 0 aliphatic heterocycles. The predicted molar refractivity (Wildman–Crippen MR) is 81.4 cm³/mol. The van der Waals surface area contributed by atoms with Gasteiger partial charge >= 0.3 is 5.97 Å². The molecular formula is C17H18O4. The van der Waals surface area contributed by atoms with Crippen molar-refractivity contribution in [1.29, 1.82) is 0 Å². The van der Waals surface area contributed by atoms with Crippen LogP contribution in [0.1, 0.15) is 21.5 Å². The molecule has 4 heteroatoms. The number of ether oxygens (including phenoxy) is 2. The lowest BCUT2D eigenvalue weighted by Gasteiger charge is -2.14. The van der Waals surface area contributed by atoms with Crippen LogP contribution in [0.2, 0.25) is 0 Å². The fraction of sp³-hybridized carbons (Fsp3) is 0.235. The molecule has 0 spiro atoms. The van der Waals surface area contributed by atoms with Crippen molar-refractivity contribution in [2.24, 2.45) is 0 Å². The van der Waals surface area contributed by atoms with E-state index in [9.17, 15) is 4.79 Å². The van der Waals surface area contributed by atoms with Gasteiger partial charge in [0.05, 0.1) is 19.8 Å². The van der Waals surface area contributed by atoms with E-state index >= 15 is 0 Å². The summed E-state index contributed by atoms with van der Waals surface area (Å²) in [6, 6.07) is 8.77. The van der Waals surface area contributed by atoms with Crippen LogP contribution in [-0.4, -0.2) is 25.3 Å². The maximum atomic E-state index is 11.2. The Hall–Kier alpha value is -2.49. The molecule has 0 aliphatic rings. The molecule has 0 bridgehead atoms. The van der Waals surface area contributed by atoms with E-state index in [1.165, 1.54) is 6.07 Å². The first-order chi connectivity index (χ1) is 9.97. The average molecular weight is 286 g/mol. The number of aryl methyl sites for hydroxylation is 2. The van der Waals surface area contributed by atoms with Crippen LogP contribution in [0.15, 0.2) is 30.3 Å². The molecule has 0 atom stereocenters. The van der Waals surface area contributed by atoms with Crippen molar-refractivity contribution in [1.82, 2.24) is 0 Å². The maximum absolute atomic E-state index is 11.2. The number of aromatic carboxylic acids is 1. The summed E-state index contributed by atoms with van der Waals surface area (Å²) in [7, 11) is 3.21. The minimum atomic E-state index is -0.958. The number of carbonyl (C=O) groups is 1. The van der Waals surface area contributed by atoms with Crippen molar-refractivity contribution >= 4 is 5.97 Å². The van der Waals surface area contributed by atoms with Crippen LogP contribution in [0.5, 0.6) is 11.5 Å². The van der Waals surface area contributed by atoms with Gasteiger partial charge in [-0.05, 0) is 60.9 Å². The van der Waals surface area contributed by atoms with Crippen LogP contribution in [0.25, 0.3) is 11.1 Å². The number of methoxy groups -OCH3 is 2. The lowest BCUT2D eigenvalue weighted by molar-refractivity contribution is 0.0697. The molecule has 21 heavy (non-hydrogen) atoms. The Labute approximate surface area is 123 Å². The molecule has 0 amide bonds. The molecule has 0 radical (unpaired) electrons. The Morgan fingerprint density at radius 2 is 1.62 bits per heavy atom. The number of hydrogen-bond acceptors (Lipinski definition) is 3. The quantitative estimate of drug-likeness (QED) is 0.931. The van der Waals surface area contributed by atoms with Gasteiger partial charge in [-0.2, -0.15) is 0 Å². The molecule has 110 valence electrons. The first-order valence-electron chi connectivity index (χ1n) is 6.55. The molecule has 0 saturated heterocycles. The highest BCUT2D eigenvalue weighted by Crippen LogP contribution is 2.35. The van der Waals surface area contributed by atoms with E-state index < -0.39 is 5.97 Å². The van der Waals surface area contributed by atoms with Crippen molar-refractivity contribution in [2.45, 2.75) is 13.8 Å². The van der Waals surface area contributed by atoms with Gasteiger partial charge in [-0.15, -0.1) is 0 Å². The van der Waals surface area contributed by atoms with E-state index in [1.54, 1.807) is 26.4 Å². The Bertz CT molecular complexity index is 666. The van der Waals surface area contributed by atoms with E-state index in [4.69, 9.17) is 14.6 Å². The molecule has 0 fully saturated rings. The molecule has 1 N–H and O–H groups in total. The third kappa shape index (κ3) is 2.84. The van der Waals surface area contributed by atoms with Gasteiger partial charge in [-0.3, -0.25) is 0 Å². The second kappa shape index (κ2) is 5.87. The highest BCUT2D eigenvalue weighted by atomic mass is 16.5. The van der Waals surface area contributed by atoms with Gasteiger partial charge in [-0.25, -0.2) is 4.79 Å². The van der Waals surface area contributed by atoms with Crippen LogP contribution in [0.3, 0.4) is 0 Å². The number of benzene rings is 2. The largest absolute Gasteiger partial charge is 0.496 e. The summed E-state index contributed by atoms with van der Waals surface area (Å²) in [6.45, 7) is 3.92. The number of rotatable bonds is 4. The Morgan fingerprint density at radius 1 is 1.00 bits per heavy atom. The van der Waals surface area contributed by atoms with Crippen LogP contribution in [-0.2, 0) is 0 Å². The molecule has 2 rings (SSSR count). The second-order valence-electron chi connectivity index (χ2n) is 4.86. The van der Waals surface area contributed by atoms with Crippen molar-refractivity contribution in [3.63, 3.8) is 0 Å². The van der Waals surface area contributed by atoms with E-state index in [0.29, 0.717) is 5.75 Å².